The van der Waals surface area contributed by atoms with Gasteiger partial charge in [-0.1, -0.05) is 12.1 Å². The predicted octanol–water partition coefficient (Wildman–Crippen LogP) is 2.79. The first-order valence-corrected chi connectivity index (χ1v) is 7.28. The van der Waals surface area contributed by atoms with E-state index < -0.39 is 24.5 Å². The zero-order valence-corrected chi connectivity index (χ0v) is 13.2. The van der Waals surface area contributed by atoms with E-state index in [2.05, 4.69) is 10.1 Å². The lowest BCUT2D eigenvalue weighted by atomic mass is 10.2. The largest absolute Gasteiger partial charge is 0.481 e. The second kappa shape index (κ2) is 8.09. The number of para-hydroxylation sites is 2. The van der Waals surface area contributed by atoms with E-state index in [1.165, 1.54) is 49.4 Å². The fraction of sp³-hybridized carbons (Fsp3) is 0.176. The topological polar surface area (TPSA) is 90.7 Å². The van der Waals surface area contributed by atoms with Crippen molar-refractivity contribution >= 4 is 17.5 Å². The molecule has 8 heteroatoms. The number of carbonyl (C=O) groups is 2. The average Bonchev–Trinajstić information content (AvgIpc) is 2.56. The van der Waals surface area contributed by atoms with Crippen LogP contribution in [0.4, 0.5) is 14.5 Å². The molecule has 0 spiro atoms. The van der Waals surface area contributed by atoms with Crippen molar-refractivity contribution in [1.82, 2.24) is 0 Å². The number of nitrogens with one attached hydrogen (secondary N) is 1. The summed E-state index contributed by atoms with van der Waals surface area (Å²) in [5, 5.41) is 2.47. The third-order valence-electron chi connectivity index (χ3n) is 3.18. The summed E-state index contributed by atoms with van der Waals surface area (Å²) in [5.74, 6) is -0.925. The van der Waals surface area contributed by atoms with E-state index in [0.29, 0.717) is 11.3 Å². The van der Waals surface area contributed by atoms with Gasteiger partial charge in [-0.05, 0) is 43.3 Å². The van der Waals surface area contributed by atoms with Gasteiger partial charge in [0.25, 0.3) is 5.91 Å². The van der Waals surface area contributed by atoms with Crippen LogP contribution in [0.15, 0.2) is 48.5 Å². The average molecular weight is 350 g/mol. The molecule has 0 saturated heterocycles. The lowest BCUT2D eigenvalue weighted by molar-refractivity contribution is -0.122. The minimum atomic E-state index is -3.00. The van der Waals surface area contributed by atoms with Crippen molar-refractivity contribution in [2.45, 2.75) is 19.6 Å². The molecule has 3 N–H and O–H groups in total. The molecule has 2 aromatic carbocycles. The smallest absolute Gasteiger partial charge is 0.387 e. The Kier molecular flexibility index (Phi) is 5.89. The summed E-state index contributed by atoms with van der Waals surface area (Å²) < 4.78 is 34.6. The Hall–Kier alpha value is -3.16. The van der Waals surface area contributed by atoms with Crippen LogP contribution in [0.2, 0.25) is 0 Å². The van der Waals surface area contributed by atoms with Crippen molar-refractivity contribution < 1.29 is 27.8 Å². The van der Waals surface area contributed by atoms with E-state index in [1.807, 2.05) is 0 Å². The minimum Gasteiger partial charge on any atom is -0.481 e. The van der Waals surface area contributed by atoms with Gasteiger partial charge in [-0.15, -0.1) is 0 Å². The molecule has 0 unspecified atom stereocenters. The monoisotopic (exact) mass is 350 g/mol. The van der Waals surface area contributed by atoms with Crippen LogP contribution in [0.5, 0.6) is 11.5 Å². The third kappa shape index (κ3) is 5.17. The van der Waals surface area contributed by atoms with Crippen LogP contribution in [0.3, 0.4) is 0 Å². The Morgan fingerprint density at radius 2 is 1.68 bits per heavy atom. The molecule has 2 rings (SSSR count). The Bertz CT molecular complexity index is 751. The van der Waals surface area contributed by atoms with Crippen molar-refractivity contribution in [2.24, 2.45) is 5.73 Å². The molecule has 0 heterocycles. The molecule has 0 aliphatic heterocycles. The van der Waals surface area contributed by atoms with Gasteiger partial charge in [0.2, 0.25) is 5.91 Å². The number of carbonyl (C=O) groups excluding carboxylic acids is 2. The maximum Gasteiger partial charge on any atom is 0.387 e. The van der Waals surface area contributed by atoms with Gasteiger partial charge in [0.05, 0.1) is 5.69 Å². The normalized spacial score (nSPS) is 11.7. The molecule has 0 bridgehead atoms. The van der Waals surface area contributed by atoms with Crippen molar-refractivity contribution in [3.63, 3.8) is 0 Å². The molecule has 0 radical (unpaired) electrons. The SMILES string of the molecule is C[C@H](Oc1ccc(C(N)=O)cc1)C(=O)Nc1ccccc1OC(F)F. The highest BCUT2D eigenvalue weighted by molar-refractivity contribution is 5.95. The Morgan fingerprint density at radius 1 is 1.04 bits per heavy atom. The molecule has 0 aliphatic rings. The molecule has 0 aromatic heterocycles. The first kappa shape index (κ1) is 18.2. The molecule has 0 fully saturated rings. The number of alkyl halides is 2. The second-order valence-corrected chi connectivity index (χ2v) is 5.01. The van der Waals surface area contributed by atoms with Crippen LogP contribution in [0, 0.1) is 0 Å². The van der Waals surface area contributed by atoms with Crippen LogP contribution < -0.4 is 20.5 Å². The van der Waals surface area contributed by atoms with E-state index in [4.69, 9.17) is 10.5 Å². The highest BCUT2D eigenvalue weighted by atomic mass is 19.3. The molecule has 0 saturated carbocycles. The summed E-state index contributed by atoms with van der Waals surface area (Å²) in [7, 11) is 0. The number of rotatable bonds is 7. The Morgan fingerprint density at radius 3 is 2.28 bits per heavy atom. The van der Waals surface area contributed by atoms with Crippen LogP contribution in [-0.4, -0.2) is 24.5 Å². The van der Waals surface area contributed by atoms with Crippen LogP contribution in [-0.2, 0) is 4.79 Å². The van der Waals surface area contributed by atoms with E-state index in [9.17, 15) is 18.4 Å². The number of benzene rings is 2. The molecule has 25 heavy (non-hydrogen) atoms. The van der Waals surface area contributed by atoms with Gasteiger partial charge in [0, 0.05) is 5.56 Å². The molecule has 2 amide bonds. The van der Waals surface area contributed by atoms with Crippen molar-refractivity contribution in [3.8, 4) is 11.5 Å². The molecule has 2 aromatic rings. The van der Waals surface area contributed by atoms with E-state index in [-0.39, 0.29) is 11.4 Å². The second-order valence-electron chi connectivity index (χ2n) is 5.01. The summed E-state index contributed by atoms with van der Waals surface area (Å²) in [6, 6.07) is 11.8. The van der Waals surface area contributed by atoms with Gasteiger partial charge in [0.1, 0.15) is 11.5 Å². The summed E-state index contributed by atoms with van der Waals surface area (Å²) in [5.41, 5.74) is 5.55. The lowest BCUT2D eigenvalue weighted by Crippen LogP contribution is -2.30. The fourth-order valence-electron chi connectivity index (χ4n) is 1.96. The number of anilines is 1. The number of amides is 2. The molecule has 132 valence electrons. The summed E-state index contributed by atoms with van der Waals surface area (Å²) in [4.78, 5) is 23.2. The van der Waals surface area contributed by atoms with Crippen molar-refractivity contribution in [3.05, 3.63) is 54.1 Å². The Labute approximate surface area is 142 Å². The predicted molar refractivity (Wildman–Crippen MR) is 86.8 cm³/mol. The Balaban J connectivity index is 2.02. The number of hydrogen-bond acceptors (Lipinski definition) is 4. The third-order valence-corrected chi connectivity index (χ3v) is 3.18. The molecular formula is C17H16F2N2O4. The van der Waals surface area contributed by atoms with E-state index >= 15 is 0 Å². The van der Waals surface area contributed by atoms with Gasteiger partial charge in [0.15, 0.2) is 6.10 Å². The minimum absolute atomic E-state index is 0.104. The summed E-state index contributed by atoms with van der Waals surface area (Å²) in [6.45, 7) is -1.51. The fourth-order valence-corrected chi connectivity index (χ4v) is 1.96. The number of ether oxygens (including phenoxy) is 2. The molecule has 1 atom stereocenters. The van der Waals surface area contributed by atoms with Gasteiger partial charge in [-0.25, -0.2) is 0 Å². The zero-order valence-electron chi connectivity index (χ0n) is 13.2. The molecule has 0 aliphatic carbocycles. The standard InChI is InChI=1S/C17H16F2N2O4/c1-10(24-12-8-6-11(7-9-12)15(20)22)16(23)21-13-4-2-3-5-14(13)25-17(18)19/h2-10,17H,1H3,(H2,20,22)(H,21,23)/t10-/m0/s1. The number of halogens is 2. The van der Waals surface area contributed by atoms with Crippen molar-refractivity contribution in [2.75, 3.05) is 5.32 Å². The highest BCUT2D eigenvalue weighted by Crippen LogP contribution is 2.26. The van der Waals surface area contributed by atoms with E-state index in [0.717, 1.165) is 0 Å². The summed E-state index contributed by atoms with van der Waals surface area (Å²) in [6.07, 6.45) is -0.918. The summed E-state index contributed by atoms with van der Waals surface area (Å²) >= 11 is 0. The van der Waals surface area contributed by atoms with Crippen LogP contribution in [0.25, 0.3) is 0 Å². The first-order valence-electron chi connectivity index (χ1n) is 7.28. The van der Waals surface area contributed by atoms with Gasteiger partial charge in [-0.2, -0.15) is 8.78 Å². The number of nitrogens with two attached hydrogens (primary N) is 1. The van der Waals surface area contributed by atoms with Crippen LogP contribution >= 0.6 is 0 Å². The van der Waals surface area contributed by atoms with Gasteiger partial charge >= 0.3 is 6.61 Å². The first-order chi connectivity index (χ1) is 11.9. The lowest BCUT2D eigenvalue weighted by Gasteiger charge is -2.16. The molecule has 6 nitrogen and oxygen atoms in total. The van der Waals surface area contributed by atoms with Gasteiger partial charge < -0.3 is 20.5 Å². The maximum atomic E-state index is 12.4. The van der Waals surface area contributed by atoms with Crippen LogP contribution in [0.1, 0.15) is 17.3 Å². The zero-order chi connectivity index (χ0) is 18.4. The number of primary amides is 1. The quantitative estimate of drug-likeness (QED) is 0.803. The van der Waals surface area contributed by atoms with Crippen molar-refractivity contribution in [1.29, 1.82) is 0 Å². The number of hydrogen-bond donors (Lipinski definition) is 2. The highest BCUT2D eigenvalue weighted by Gasteiger charge is 2.18. The molecular weight excluding hydrogens is 334 g/mol. The van der Waals surface area contributed by atoms with Gasteiger partial charge in [-0.3, -0.25) is 9.59 Å². The maximum absolute atomic E-state index is 12.4. The van der Waals surface area contributed by atoms with E-state index in [1.54, 1.807) is 6.07 Å².